The summed E-state index contributed by atoms with van der Waals surface area (Å²) in [6.45, 7) is 1.13. The molecule has 3 fully saturated rings. The van der Waals surface area contributed by atoms with Crippen molar-refractivity contribution < 1.29 is 28.3 Å². The van der Waals surface area contributed by atoms with Gasteiger partial charge in [-0.2, -0.15) is 0 Å². The van der Waals surface area contributed by atoms with Gasteiger partial charge in [0, 0.05) is 24.2 Å². The van der Waals surface area contributed by atoms with Crippen molar-refractivity contribution in [3.63, 3.8) is 0 Å². The van der Waals surface area contributed by atoms with Crippen molar-refractivity contribution in [2.24, 2.45) is 5.92 Å². The molecule has 2 N–H and O–H groups in total. The molecule has 1 aliphatic carbocycles. The van der Waals surface area contributed by atoms with Crippen molar-refractivity contribution in [1.82, 2.24) is 4.90 Å². The number of benzene rings is 2. The molecule has 4 unspecified atom stereocenters. The maximum atomic E-state index is 13.6. The Morgan fingerprint density at radius 3 is 2.28 bits per heavy atom. The molecule has 0 bridgehead atoms. The highest BCUT2D eigenvalue weighted by atomic mass is 19.1. The Balaban J connectivity index is 1.39. The summed E-state index contributed by atoms with van der Waals surface area (Å²) >= 11 is 0. The molecule has 3 aliphatic rings. The number of nitrogens with zero attached hydrogens (tertiary/aromatic N) is 2. The molecule has 2 aromatic carbocycles. The number of rotatable bonds is 5. The van der Waals surface area contributed by atoms with E-state index in [9.17, 15) is 23.6 Å². The molecule has 4 atom stereocenters. The van der Waals surface area contributed by atoms with Crippen molar-refractivity contribution >= 4 is 40.8 Å². The molecule has 5 amide bonds. The van der Waals surface area contributed by atoms with Gasteiger partial charge >= 0.3 is 6.03 Å². The van der Waals surface area contributed by atoms with Crippen molar-refractivity contribution in [1.29, 1.82) is 0 Å². The summed E-state index contributed by atoms with van der Waals surface area (Å²) in [7, 11) is 0. The van der Waals surface area contributed by atoms with E-state index >= 15 is 0 Å². The molecule has 2 heterocycles. The normalized spacial score (nSPS) is 25.3. The summed E-state index contributed by atoms with van der Waals surface area (Å²) < 4.78 is 19.7. The quantitative estimate of drug-likeness (QED) is 0.661. The number of carbonyl (C=O) groups excluding carboxylic acids is 4. The van der Waals surface area contributed by atoms with Crippen molar-refractivity contribution in [3.05, 3.63) is 54.3 Å². The molecule has 5 rings (SSSR count). The third kappa shape index (κ3) is 4.56. The summed E-state index contributed by atoms with van der Waals surface area (Å²) in [4.78, 5) is 53.7. The minimum absolute atomic E-state index is 0.0308. The van der Waals surface area contributed by atoms with Gasteiger partial charge in [-0.05, 0) is 61.4 Å². The van der Waals surface area contributed by atoms with Gasteiger partial charge in [0.2, 0.25) is 11.8 Å². The Bertz CT molecular complexity index is 1190. The summed E-state index contributed by atoms with van der Waals surface area (Å²) in [6, 6.07) is 10.5. The zero-order valence-corrected chi connectivity index (χ0v) is 19.8. The predicted molar refractivity (Wildman–Crippen MR) is 130 cm³/mol. The van der Waals surface area contributed by atoms with Crippen molar-refractivity contribution in [2.45, 2.75) is 50.9 Å². The van der Waals surface area contributed by atoms with E-state index in [-0.39, 0.29) is 30.2 Å². The van der Waals surface area contributed by atoms with Crippen LogP contribution in [-0.2, 0) is 19.1 Å². The number of urea groups is 1. The number of fused-ring (bicyclic) bond motifs is 3. The van der Waals surface area contributed by atoms with E-state index in [1.165, 1.54) is 36.1 Å². The van der Waals surface area contributed by atoms with Crippen LogP contribution in [0.25, 0.3) is 0 Å². The first-order chi connectivity index (χ1) is 17.3. The number of halogens is 1. The number of anilines is 3. The molecule has 10 heteroatoms. The number of hydrogen-bond donors (Lipinski definition) is 2. The Kier molecular flexibility index (Phi) is 6.44. The molecule has 2 aromatic rings. The molecule has 0 spiro atoms. The third-order valence-corrected chi connectivity index (χ3v) is 6.97. The third-order valence-electron chi connectivity index (χ3n) is 6.97. The van der Waals surface area contributed by atoms with Crippen LogP contribution in [0.4, 0.5) is 26.2 Å². The van der Waals surface area contributed by atoms with Gasteiger partial charge in [0.05, 0.1) is 17.8 Å². The zero-order valence-electron chi connectivity index (χ0n) is 19.8. The first-order valence-corrected chi connectivity index (χ1v) is 12.0. The van der Waals surface area contributed by atoms with Gasteiger partial charge in [-0.15, -0.1) is 0 Å². The second-order valence-corrected chi connectivity index (χ2v) is 9.40. The number of imide groups is 1. The Morgan fingerprint density at radius 2 is 1.61 bits per heavy atom. The van der Waals surface area contributed by atoms with Crippen LogP contribution in [-0.4, -0.2) is 53.4 Å². The van der Waals surface area contributed by atoms with Crippen LogP contribution >= 0.6 is 0 Å². The van der Waals surface area contributed by atoms with Crippen LogP contribution in [0.1, 0.15) is 32.6 Å². The lowest BCUT2D eigenvalue weighted by Gasteiger charge is -2.42. The zero-order chi connectivity index (χ0) is 25.4. The first-order valence-electron chi connectivity index (χ1n) is 12.0. The molecule has 36 heavy (non-hydrogen) atoms. The molecular weight excluding hydrogens is 467 g/mol. The monoisotopic (exact) mass is 494 g/mol. The number of carbonyl (C=O) groups is 4. The van der Waals surface area contributed by atoms with E-state index in [1.807, 2.05) is 0 Å². The molecule has 9 nitrogen and oxygen atoms in total. The van der Waals surface area contributed by atoms with Crippen LogP contribution in [0, 0.1) is 11.7 Å². The highest BCUT2D eigenvalue weighted by molar-refractivity contribution is 6.18. The lowest BCUT2D eigenvalue weighted by molar-refractivity contribution is -0.133. The van der Waals surface area contributed by atoms with Crippen LogP contribution in [0.15, 0.2) is 48.5 Å². The van der Waals surface area contributed by atoms with Gasteiger partial charge in [0.25, 0.3) is 5.91 Å². The van der Waals surface area contributed by atoms with E-state index in [0.29, 0.717) is 11.4 Å². The highest BCUT2D eigenvalue weighted by Gasteiger charge is 2.58. The number of nitrogens with one attached hydrogen (secondary N) is 2. The van der Waals surface area contributed by atoms with E-state index in [1.54, 1.807) is 24.3 Å². The first kappa shape index (κ1) is 23.9. The van der Waals surface area contributed by atoms with Gasteiger partial charge in [0.1, 0.15) is 12.4 Å². The fourth-order valence-electron chi connectivity index (χ4n) is 5.45. The van der Waals surface area contributed by atoms with E-state index in [2.05, 4.69) is 10.6 Å². The van der Waals surface area contributed by atoms with Crippen molar-refractivity contribution in [3.8, 4) is 0 Å². The second kappa shape index (κ2) is 9.69. The smallest absolute Gasteiger partial charge is 0.332 e. The summed E-state index contributed by atoms with van der Waals surface area (Å²) in [5.74, 6) is -1.64. The number of ether oxygens (including phenoxy) is 1. The Morgan fingerprint density at radius 1 is 0.972 bits per heavy atom. The maximum Gasteiger partial charge on any atom is 0.332 e. The van der Waals surface area contributed by atoms with Gasteiger partial charge in [-0.3, -0.25) is 14.4 Å². The lowest BCUT2D eigenvalue weighted by Crippen LogP contribution is -2.65. The molecule has 2 aliphatic heterocycles. The van der Waals surface area contributed by atoms with Gasteiger partial charge in [-0.1, -0.05) is 12.8 Å². The molecule has 1 saturated carbocycles. The van der Waals surface area contributed by atoms with Crippen LogP contribution in [0.2, 0.25) is 0 Å². The van der Waals surface area contributed by atoms with Gasteiger partial charge in [0.15, 0.2) is 6.10 Å². The highest BCUT2D eigenvalue weighted by Crippen LogP contribution is 2.43. The van der Waals surface area contributed by atoms with E-state index < -0.39 is 35.8 Å². The molecule has 188 valence electrons. The predicted octanol–water partition coefficient (Wildman–Crippen LogP) is 3.52. The average molecular weight is 495 g/mol. The van der Waals surface area contributed by atoms with Crippen LogP contribution in [0.5, 0.6) is 0 Å². The number of hydrogen-bond acceptors (Lipinski definition) is 5. The molecule has 0 radical (unpaired) electrons. The van der Waals surface area contributed by atoms with E-state index in [4.69, 9.17) is 4.74 Å². The maximum absolute atomic E-state index is 13.6. The van der Waals surface area contributed by atoms with Crippen molar-refractivity contribution in [2.75, 3.05) is 22.1 Å². The largest absolute Gasteiger partial charge is 0.363 e. The SMILES string of the molecule is CC(=O)Nc1ccc(NC(=O)CN2C(=O)N(c3ccc(F)cc3)C(=O)C3OC4CCCCC4C32)cc1. The van der Waals surface area contributed by atoms with Crippen LogP contribution < -0.4 is 15.5 Å². The molecular formula is C26H27FN4O5. The summed E-state index contributed by atoms with van der Waals surface area (Å²) in [5, 5.41) is 5.43. The van der Waals surface area contributed by atoms with Gasteiger partial charge in [-0.25, -0.2) is 14.1 Å². The van der Waals surface area contributed by atoms with E-state index in [0.717, 1.165) is 30.6 Å². The number of amides is 5. The van der Waals surface area contributed by atoms with Crippen LogP contribution in [0.3, 0.4) is 0 Å². The summed E-state index contributed by atoms with van der Waals surface area (Å²) in [5.41, 5.74) is 1.32. The minimum atomic E-state index is -0.884. The fourth-order valence-corrected chi connectivity index (χ4v) is 5.45. The Hall–Kier alpha value is -3.79. The minimum Gasteiger partial charge on any atom is -0.363 e. The molecule has 0 aromatic heterocycles. The fraction of sp³-hybridized carbons (Fsp3) is 0.385. The topological polar surface area (TPSA) is 108 Å². The van der Waals surface area contributed by atoms with Gasteiger partial charge < -0.3 is 20.3 Å². The standard InChI is InChI=1S/C26H27FN4O5/c1-15(32)28-17-8-10-18(11-9-17)29-22(33)14-30-23-20-4-2-3-5-21(20)36-24(23)25(34)31(26(30)35)19-12-6-16(27)7-13-19/h6-13,20-21,23-24H,2-5,14H2,1H3,(H,28,32)(H,29,33). The summed E-state index contributed by atoms with van der Waals surface area (Å²) in [6.07, 6.45) is 2.54. The lowest BCUT2D eigenvalue weighted by atomic mass is 9.81. The Labute approximate surface area is 207 Å². The molecule has 2 saturated heterocycles. The second-order valence-electron chi connectivity index (χ2n) is 9.40. The average Bonchev–Trinajstić information content (AvgIpc) is 3.24.